The molecule has 2 heterocycles. The zero-order chi connectivity index (χ0) is 28.8. The highest BCUT2D eigenvalue weighted by molar-refractivity contribution is 8.00. The summed E-state index contributed by atoms with van der Waals surface area (Å²) in [6.45, 7) is 0. The molecule has 0 spiro atoms. The van der Waals surface area contributed by atoms with E-state index in [9.17, 15) is 0 Å². The number of allylic oxidation sites excluding steroid dienone is 3. The third kappa shape index (κ3) is 3.38. The lowest BCUT2D eigenvalue weighted by molar-refractivity contribution is 0.883. The average Bonchev–Trinajstić information content (AvgIpc) is 3.64. The van der Waals surface area contributed by atoms with Crippen molar-refractivity contribution in [3.8, 4) is 16.8 Å². The van der Waals surface area contributed by atoms with Gasteiger partial charge < -0.3 is 4.57 Å². The maximum Gasteiger partial charge on any atom is 0.0552 e. The Kier molecular flexibility index (Phi) is 5.11. The van der Waals surface area contributed by atoms with Gasteiger partial charge in [0.15, 0.2) is 0 Å². The second kappa shape index (κ2) is 9.22. The van der Waals surface area contributed by atoms with Gasteiger partial charge in [-0.3, -0.25) is 0 Å². The largest absolute Gasteiger partial charge is 0.309 e. The van der Waals surface area contributed by atoms with Crippen LogP contribution in [0.25, 0.3) is 70.9 Å². The van der Waals surface area contributed by atoms with Crippen molar-refractivity contribution < 1.29 is 0 Å². The molecule has 8 aromatic rings. The molecule has 1 aliphatic carbocycles. The predicted octanol–water partition coefficient (Wildman–Crippen LogP) is 11.6. The highest BCUT2D eigenvalue weighted by Crippen LogP contribution is 2.52. The van der Waals surface area contributed by atoms with Gasteiger partial charge in [-0.05, 0) is 79.3 Å². The van der Waals surface area contributed by atoms with Crippen LogP contribution in [-0.2, 0) is 0 Å². The van der Waals surface area contributed by atoms with Gasteiger partial charge >= 0.3 is 0 Å². The van der Waals surface area contributed by atoms with Crippen molar-refractivity contribution in [2.24, 2.45) is 0 Å². The molecule has 2 atom stereocenters. The van der Waals surface area contributed by atoms with Crippen molar-refractivity contribution in [3.63, 3.8) is 0 Å². The molecule has 206 valence electrons. The molecular weight excluding hydrogens is 551 g/mol. The minimum Gasteiger partial charge on any atom is -0.309 e. The number of aromatic nitrogens is 1. The molecule has 2 heteroatoms. The van der Waals surface area contributed by atoms with E-state index >= 15 is 0 Å². The first-order valence-electron chi connectivity index (χ1n) is 15.4. The second-order valence-corrected chi connectivity index (χ2v) is 13.2. The number of fused-ring (bicyclic) bond motifs is 13. The van der Waals surface area contributed by atoms with Crippen LogP contribution < -0.4 is 0 Å². The standard InChI is InChI=1S/C42H27NS/c1-2-14-31-29(12-1)30-13-3-4-15-32(30)37-25-27(20-21-33(31)37)26-10-9-11-28(24-26)43-38-18-7-5-17-36(38)41-39(43)23-22-35-34-16-6-8-19-40(34)44-42(35)41/h1-25,34,40H. The van der Waals surface area contributed by atoms with Crippen molar-refractivity contribution in [2.45, 2.75) is 16.1 Å². The first kappa shape index (κ1) is 24.4. The van der Waals surface area contributed by atoms with E-state index in [0.717, 1.165) is 0 Å². The van der Waals surface area contributed by atoms with Gasteiger partial charge in [0.25, 0.3) is 0 Å². The fourth-order valence-corrected chi connectivity index (χ4v) is 9.24. The van der Waals surface area contributed by atoms with E-state index in [2.05, 4.69) is 156 Å². The SMILES string of the molecule is C1=CC2Sc3c(ccc4c3c3ccccc3n4-c3cccc(-c4ccc5c6ccccc6c6ccccc6c5c4)c3)C2C=C1. The highest BCUT2D eigenvalue weighted by Gasteiger charge is 2.33. The lowest BCUT2D eigenvalue weighted by Gasteiger charge is -2.14. The van der Waals surface area contributed by atoms with Crippen molar-refractivity contribution in [1.82, 2.24) is 4.57 Å². The summed E-state index contributed by atoms with van der Waals surface area (Å²) in [7, 11) is 0. The van der Waals surface area contributed by atoms with E-state index in [4.69, 9.17) is 0 Å². The molecule has 0 saturated carbocycles. The third-order valence-electron chi connectivity index (χ3n) is 9.70. The summed E-state index contributed by atoms with van der Waals surface area (Å²) in [4.78, 5) is 1.44. The zero-order valence-electron chi connectivity index (χ0n) is 23.9. The van der Waals surface area contributed by atoms with Crippen molar-refractivity contribution in [1.29, 1.82) is 0 Å². The summed E-state index contributed by atoms with van der Waals surface area (Å²) in [6.07, 6.45) is 9.13. The van der Waals surface area contributed by atoms with Gasteiger partial charge in [-0.1, -0.05) is 121 Å². The van der Waals surface area contributed by atoms with Crippen LogP contribution in [0.5, 0.6) is 0 Å². The fraction of sp³-hybridized carbons (Fsp3) is 0.0476. The summed E-state index contributed by atoms with van der Waals surface area (Å²) < 4.78 is 2.46. The zero-order valence-corrected chi connectivity index (χ0v) is 24.8. The summed E-state index contributed by atoms with van der Waals surface area (Å²) in [5, 5.41) is 11.0. The smallest absolute Gasteiger partial charge is 0.0552 e. The first-order valence-corrected chi connectivity index (χ1v) is 16.2. The summed E-state index contributed by atoms with van der Waals surface area (Å²) in [6, 6.07) is 47.3. The number of hydrogen-bond donors (Lipinski definition) is 0. The molecule has 1 nitrogen and oxygen atoms in total. The summed E-state index contributed by atoms with van der Waals surface area (Å²) in [5.74, 6) is 0.455. The number of nitrogens with zero attached hydrogens (tertiary/aromatic N) is 1. The van der Waals surface area contributed by atoms with E-state index < -0.39 is 0 Å². The minimum atomic E-state index is 0.455. The topological polar surface area (TPSA) is 4.93 Å². The molecule has 0 amide bonds. The first-order chi connectivity index (χ1) is 21.8. The Hall–Kier alpha value is -5.05. The van der Waals surface area contributed by atoms with E-state index in [1.165, 1.54) is 81.4 Å². The fourth-order valence-electron chi connectivity index (χ4n) is 7.74. The van der Waals surface area contributed by atoms with Crippen LogP contribution in [0.1, 0.15) is 11.5 Å². The second-order valence-electron chi connectivity index (χ2n) is 12.0. The van der Waals surface area contributed by atoms with E-state index in [-0.39, 0.29) is 0 Å². The molecule has 44 heavy (non-hydrogen) atoms. The van der Waals surface area contributed by atoms with Gasteiger partial charge in [0.05, 0.1) is 11.0 Å². The Morgan fingerprint density at radius 1 is 0.477 bits per heavy atom. The molecule has 2 aliphatic rings. The number of thioether (sulfide) groups is 1. The van der Waals surface area contributed by atoms with Crippen LogP contribution in [0.4, 0.5) is 0 Å². The monoisotopic (exact) mass is 577 g/mol. The lowest BCUT2D eigenvalue weighted by Crippen LogP contribution is -2.06. The van der Waals surface area contributed by atoms with E-state index in [1.54, 1.807) is 0 Å². The van der Waals surface area contributed by atoms with Crippen LogP contribution in [0, 0.1) is 0 Å². The maximum atomic E-state index is 2.46. The maximum absolute atomic E-state index is 2.46. The average molecular weight is 578 g/mol. The Bertz CT molecular complexity index is 2510. The predicted molar refractivity (Wildman–Crippen MR) is 189 cm³/mol. The molecule has 1 aromatic heterocycles. The molecule has 1 aliphatic heterocycles. The Labute approximate surface area is 259 Å². The number of rotatable bonds is 2. The van der Waals surface area contributed by atoms with Crippen LogP contribution in [0.2, 0.25) is 0 Å². The number of benzene rings is 7. The Morgan fingerprint density at radius 3 is 1.93 bits per heavy atom. The molecule has 10 rings (SSSR count). The quantitative estimate of drug-likeness (QED) is 0.185. The normalized spacial score (nSPS) is 17.3. The molecular formula is C42H27NS. The van der Waals surface area contributed by atoms with Gasteiger partial charge in [-0.25, -0.2) is 0 Å². The Morgan fingerprint density at radius 2 is 1.14 bits per heavy atom. The summed E-state index contributed by atoms with van der Waals surface area (Å²) >= 11 is 2.02. The number of hydrogen-bond acceptors (Lipinski definition) is 1. The molecule has 0 fully saturated rings. The molecule has 0 saturated heterocycles. The molecule has 7 aromatic carbocycles. The van der Waals surface area contributed by atoms with Gasteiger partial charge in [-0.2, -0.15) is 0 Å². The van der Waals surface area contributed by atoms with Crippen molar-refractivity contribution in [2.75, 3.05) is 0 Å². The molecule has 2 unspecified atom stereocenters. The van der Waals surface area contributed by atoms with Gasteiger partial charge in [-0.15, -0.1) is 11.8 Å². The van der Waals surface area contributed by atoms with E-state index in [0.29, 0.717) is 11.2 Å². The van der Waals surface area contributed by atoms with Gasteiger partial charge in [0.2, 0.25) is 0 Å². The van der Waals surface area contributed by atoms with Gasteiger partial charge in [0, 0.05) is 32.5 Å². The molecule has 0 N–H and O–H groups in total. The lowest BCUT2D eigenvalue weighted by atomic mass is 9.91. The van der Waals surface area contributed by atoms with Crippen molar-refractivity contribution >= 4 is 65.9 Å². The van der Waals surface area contributed by atoms with Crippen molar-refractivity contribution in [3.05, 3.63) is 157 Å². The Balaban J connectivity index is 1.18. The summed E-state index contributed by atoms with van der Waals surface area (Å²) in [5.41, 5.74) is 7.64. The van der Waals surface area contributed by atoms with Gasteiger partial charge in [0.1, 0.15) is 0 Å². The minimum absolute atomic E-state index is 0.455. The molecule has 0 radical (unpaired) electrons. The highest BCUT2D eigenvalue weighted by atomic mass is 32.2. The molecule has 0 bridgehead atoms. The van der Waals surface area contributed by atoms with Crippen LogP contribution >= 0.6 is 11.8 Å². The number of para-hydroxylation sites is 1. The van der Waals surface area contributed by atoms with E-state index in [1.807, 2.05) is 11.8 Å². The van der Waals surface area contributed by atoms with Crippen LogP contribution in [-0.4, -0.2) is 9.82 Å². The van der Waals surface area contributed by atoms with Crippen LogP contribution in [0.3, 0.4) is 0 Å². The van der Waals surface area contributed by atoms with Crippen LogP contribution in [0.15, 0.2) is 157 Å². The third-order valence-corrected chi connectivity index (χ3v) is 11.1.